The lowest BCUT2D eigenvalue weighted by atomic mass is 9.89. The molecule has 8 nitrogen and oxygen atoms in total. The number of hydroxylamine groups is 2. The lowest BCUT2D eigenvalue weighted by Crippen LogP contribution is -2.53. The van der Waals surface area contributed by atoms with E-state index in [4.69, 9.17) is 0 Å². The number of pyridine rings is 1. The van der Waals surface area contributed by atoms with Gasteiger partial charge in [0.1, 0.15) is 11.9 Å². The number of hydrogen-bond acceptors (Lipinski definition) is 7. The summed E-state index contributed by atoms with van der Waals surface area (Å²) >= 11 is 3.04. The van der Waals surface area contributed by atoms with E-state index in [0.717, 1.165) is 4.21 Å². The van der Waals surface area contributed by atoms with Crippen molar-refractivity contribution < 1.29 is 19.6 Å². The first kappa shape index (κ1) is 27.8. The second kappa shape index (κ2) is 14.1. The lowest BCUT2D eigenvalue weighted by molar-refractivity contribution is -0.166. The van der Waals surface area contributed by atoms with Gasteiger partial charge in [-0.15, -0.1) is 23.1 Å². The van der Waals surface area contributed by atoms with Crippen LogP contribution in [0.4, 0.5) is 5.82 Å². The molecule has 0 radical (unpaired) electrons. The Kier molecular flexibility index (Phi) is 11.5. The standard InChI is InChI=1S/C24H34N4O4S2/c1-5-17(4)22(24(31)26-20-9-6-7-11-25-20)27-23(30)18(13-16(2)3)19(28(32)15-29)14-34-21-10-8-12-33-21/h6-12,15-19,22,32H,5,13-14H2,1-4H3,(H,27,30)(H,25,26,31)/t17-,18+,19-,22-/m0/s1. The molecule has 0 aliphatic heterocycles. The molecule has 0 fully saturated rings. The molecule has 0 saturated heterocycles. The summed E-state index contributed by atoms with van der Waals surface area (Å²) in [4.78, 5) is 42.2. The second-order valence-corrected chi connectivity index (χ2v) is 10.9. The van der Waals surface area contributed by atoms with Gasteiger partial charge in [0.2, 0.25) is 18.2 Å². The van der Waals surface area contributed by atoms with Crippen LogP contribution in [-0.2, 0) is 14.4 Å². The molecule has 10 heteroatoms. The smallest absolute Gasteiger partial charge is 0.248 e. The molecule has 2 aromatic heterocycles. The maximum Gasteiger partial charge on any atom is 0.248 e. The summed E-state index contributed by atoms with van der Waals surface area (Å²) < 4.78 is 1.03. The molecule has 0 aromatic carbocycles. The summed E-state index contributed by atoms with van der Waals surface area (Å²) in [5.74, 6) is -0.678. The second-order valence-electron chi connectivity index (χ2n) is 8.61. The molecule has 0 aliphatic rings. The average molecular weight is 507 g/mol. The van der Waals surface area contributed by atoms with Crippen molar-refractivity contribution in [1.29, 1.82) is 0 Å². The zero-order chi connectivity index (χ0) is 25.1. The van der Waals surface area contributed by atoms with Crippen LogP contribution >= 0.6 is 23.1 Å². The first-order valence-corrected chi connectivity index (χ1v) is 13.2. The van der Waals surface area contributed by atoms with Crippen molar-refractivity contribution in [3.05, 3.63) is 41.9 Å². The van der Waals surface area contributed by atoms with E-state index in [9.17, 15) is 19.6 Å². The van der Waals surface area contributed by atoms with Crippen LogP contribution in [0.25, 0.3) is 0 Å². The van der Waals surface area contributed by atoms with Crippen molar-refractivity contribution in [3.8, 4) is 0 Å². The van der Waals surface area contributed by atoms with E-state index in [-0.39, 0.29) is 23.7 Å². The molecule has 4 atom stereocenters. The summed E-state index contributed by atoms with van der Waals surface area (Å²) in [7, 11) is 0. The van der Waals surface area contributed by atoms with Gasteiger partial charge in [-0.1, -0.05) is 46.2 Å². The largest absolute Gasteiger partial charge is 0.344 e. The summed E-state index contributed by atoms with van der Waals surface area (Å²) in [6.45, 7) is 7.80. The molecular formula is C24H34N4O4S2. The maximum absolute atomic E-state index is 13.5. The Morgan fingerprint density at radius 2 is 1.97 bits per heavy atom. The Balaban J connectivity index is 2.24. The van der Waals surface area contributed by atoms with Gasteiger partial charge in [0.05, 0.1) is 16.2 Å². The highest BCUT2D eigenvalue weighted by Gasteiger charge is 2.36. The van der Waals surface area contributed by atoms with E-state index < -0.39 is 18.0 Å². The van der Waals surface area contributed by atoms with Crippen LogP contribution in [-0.4, -0.2) is 51.3 Å². The summed E-state index contributed by atoms with van der Waals surface area (Å²) in [5.41, 5.74) is 0. The van der Waals surface area contributed by atoms with Gasteiger partial charge >= 0.3 is 0 Å². The molecule has 3 N–H and O–H groups in total. The summed E-state index contributed by atoms with van der Waals surface area (Å²) in [6.07, 6.45) is 3.03. The Morgan fingerprint density at radius 3 is 2.53 bits per heavy atom. The number of carbonyl (C=O) groups excluding carboxylic acids is 3. The third kappa shape index (κ3) is 8.41. The monoisotopic (exact) mass is 506 g/mol. The van der Waals surface area contributed by atoms with E-state index >= 15 is 0 Å². The predicted octanol–water partition coefficient (Wildman–Crippen LogP) is 4.28. The van der Waals surface area contributed by atoms with E-state index in [0.29, 0.717) is 35.9 Å². The summed E-state index contributed by atoms with van der Waals surface area (Å²) in [6, 6.07) is 7.54. The fourth-order valence-corrected chi connectivity index (χ4v) is 5.50. The Bertz CT molecular complexity index is 896. The molecule has 186 valence electrons. The van der Waals surface area contributed by atoms with Gasteiger partial charge in [-0.3, -0.25) is 19.6 Å². The van der Waals surface area contributed by atoms with Crippen molar-refractivity contribution >= 4 is 47.1 Å². The first-order valence-electron chi connectivity index (χ1n) is 11.4. The topological polar surface area (TPSA) is 112 Å². The number of nitrogens with one attached hydrogen (secondary N) is 2. The van der Waals surface area contributed by atoms with Gasteiger partial charge < -0.3 is 10.6 Å². The number of amides is 3. The van der Waals surface area contributed by atoms with Crippen LogP contribution in [0.5, 0.6) is 0 Å². The minimum Gasteiger partial charge on any atom is -0.344 e. The Labute approximate surface area is 209 Å². The molecule has 0 aliphatic carbocycles. The lowest BCUT2D eigenvalue weighted by Gasteiger charge is -2.33. The fourth-order valence-electron chi connectivity index (χ4n) is 3.52. The van der Waals surface area contributed by atoms with Gasteiger partial charge in [0.15, 0.2) is 0 Å². The number of thiophene rings is 1. The molecule has 3 amide bonds. The zero-order valence-electron chi connectivity index (χ0n) is 20.0. The Hall–Kier alpha value is -2.43. The highest BCUT2D eigenvalue weighted by atomic mass is 32.2. The number of nitrogens with zero attached hydrogens (tertiary/aromatic N) is 2. The normalized spacial score (nSPS) is 14.6. The van der Waals surface area contributed by atoms with Crippen LogP contribution in [0.15, 0.2) is 46.1 Å². The van der Waals surface area contributed by atoms with Gasteiger partial charge in [-0.05, 0) is 41.8 Å². The van der Waals surface area contributed by atoms with Crippen molar-refractivity contribution in [2.24, 2.45) is 17.8 Å². The number of hydrogen-bond donors (Lipinski definition) is 3. The van der Waals surface area contributed by atoms with E-state index in [1.54, 1.807) is 35.7 Å². The molecule has 2 rings (SSSR count). The first-order chi connectivity index (χ1) is 16.3. The Morgan fingerprint density at radius 1 is 1.21 bits per heavy atom. The molecule has 0 saturated carbocycles. The molecule has 2 heterocycles. The average Bonchev–Trinajstić information content (AvgIpc) is 3.35. The molecular weight excluding hydrogens is 472 g/mol. The summed E-state index contributed by atoms with van der Waals surface area (Å²) in [5, 5.41) is 18.6. The number of aromatic nitrogens is 1. The number of rotatable bonds is 14. The van der Waals surface area contributed by atoms with Crippen LogP contribution in [0.2, 0.25) is 0 Å². The molecule has 2 aromatic rings. The van der Waals surface area contributed by atoms with Crippen LogP contribution in [0.1, 0.15) is 40.5 Å². The van der Waals surface area contributed by atoms with Crippen LogP contribution < -0.4 is 10.6 Å². The van der Waals surface area contributed by atoms with Gasteiger partial charge in [-0.2, -0.15) is 0 Å². The van der Waals surface area contributed by atoms with Crippen molar-refractivity contribution in [2.45, 2.75) is 56.8 Å². The molecule has 34 heavy (non-hydrogen) atoms. The van der Waals surface area contributed by atoms with E-state index in [2.05, 4.69) is 15.6 Å². The number of thioether (sulfide) groups is 1. The third-order valence-electron chi connectivity index (χ3n) is 5.58. The number of carbonyl (C=O) groups is 3. The van der Waals surface area contributed by atoms with Crippen molar-refractivity contribution in [2.75, 3.05) is 11.1 Å². The van der Waals surface area contributed by atoms with Crippen molar-refractivity contribution in [1.82, 2.24) is 15.4 Å². The van der Waals surface area contributed by atoms with Crippen LogP contribution in [0.3, 0.4) is 0 Å². The SMILES string of the molecule is CC[C@H](C)[C@H](NC(=O)[C@H](CC(C)C)[C@H](CSc1cccs1)N(O)C=O)C(=O)Nc1ccccn1. The van der Waals surface area contributed by atoms with E-state index in [1.165, 1.54) is 11.8 Å². The maximum atomic E-state index is 13.5. The minimum atomic E-state index is -0.789. The van der Waals surface area contributed by atoms with E-state index in [1.807, 2.05) is 45.2 Å². The van der Waals surface area contributed by atoms with Crippen molar-refractivity contribution in [3.63, 3.8) is 0 Å². The van der Waals surface area contributed by atoms with Gasteiger partial charge in [0.25, 0.3) is 0 Å². The molecule has 0 unspecified atom stereocenters. The van der Waals surface area contributed by atoms with Gasteiger partial charge in [0, 0.05) is 11.9 Å². The fraction of sp³-hybridized carbons (Fsp3) is 0.500. The number of anilines is 1. The van der Waals surface area contributed by atoms with Gasteiger partial charge in [-0.25, -0.2) is 10.0 Å². The quantitative estimate of drug-likeness (QED) is 0.153. The molecule has 0 bridgehead atoms. The minimum absolute atomic E-state index is 0.134. The highest BCUT2D eigenvalue weighted by Crippen LogP contribution is 2.29. The predicted molar refractivity (Wildman–Crippen MR) is 136 cm³/mol. The third-order valence-corrected chi connectivity index (χ3v) is 7.81. The zero-order valence-corrected chi connectivity index (χ0v) is 21.6. The highest BCUT2D eigenvalue weighted by molar-refractivity contribution is 8.01. The molecule has 0 spiro atoms. The van der Waals surface area contributed by atoms with Crippen LogP contribution in [0, 0.1) is 17.8 Å².